The maximum absolute atomic E-state index is 12.6. The monoisotopic (exact) mass is 412 g/mol. The first-order chi connectivity index (χ1) is 14.6. The van der Waals surface area contributed by atoms with Gasteiger partial charge in [0.1, 0.15) is 11.5 Å². The molecule has 0 unspecified atom stereocenters. The van der Waals surface area contributed by atoms with E-state index < -0.39 is 11.8 Å². The second-order valence-electron chi connectivity index (χ2n) is 7.16. The van der Waals surface area contributed by atoms with Crippen LogP contribution in [0.4, 0.5) is 5.69 Å². The predicted molar refractivity (Wildman–Crippen MR) is 114 cm³/mol. The summed E-state index contributed by atoms with van der Waals surface area (Å²) in [5, 5.41) is 5.44. The van der Waals surface area contributed by atoms with Crippen molar-refractivity contribution in [3.63, 3.8) is 0 Å². The van der Waals surface area contributed by atoms with Crippen LogP contribution in [0.1, 0.15) is 25.3 Å². The third-order valence-electron chi connectivity index (χ3n) is 5.36. The Morgan fingerprint density at radius 2 is 1.67 bits per heavy atom. The van der Waals surface area contributed by atoms with Gasteiger partial charge in [0.15, 0.2) is 0 Å². The summed E-state index contributed by atoms with van der Waals surface area (Å²) in [6.45, 7) is 3.80. The van der Waals surface area contributed by atoms with Crippen LogP contribution in [0.2, 0.25) is 0 Å². The molecule has 7 heteroatoms. The van der Waals surface area contributed by atoms with Crippen molar-refractivity contribution < 1.29 is 23.8 Å². The zero-order valence-corrected chi connectivity index (χ0v) is 17.4. The summed E-state index contributed by atoms with van der Waals surface area (Å²) < 4.78 is 16.6. The molecule has 0 atom stereocenters. The second kappa shape index (κ2) is 10.1. The lowest BCUT2D eigenvalue weighted by Crippen LogP contribution is -2.47. The molecule has 7 nitrogen and oxygen atoms in total. The van der Waals surface area contributed by atoms with Crippen LogP contribution >= 0.6 is 0 Å². The molecule has 0 saturated carbocycles. The van der Waals surface area contributed by atoms with Crippen LogP contribution in [0.25, 0.3) is 0 Å². The molecule has 0 radical (unpaired) electrons. The molecule has 0 bridgehead atoms. The summed E-state index contributed by atoms with van der Waals surface area (Å²) in [4.78, 5) is 25.0. The number of carbonyl (C=O) groups is 2. The van der Waals surface area contributed by atoms with Crippen LogP contribution in [0.5, 0.6) is 11.5 Å². The molecular weight excluding hydrogens is 384 g/mol. The number of ether oxygens (including phenoxy) is 3. The zero-order chi connectivity index (χ0) is 21.4. The Hall–Kier alpha value is -3.06. The molecule has 30 heavy (non-hydrogen) atoms. The molecule has 3 rings (SSSR count). The second-order valence-corrected chi connectivity index (χ2v) is 7.16. The topological polar surface area (TPSA) is 85.9 Å². The molecule has 1 saturated heterocycles. The first-order valence-electron chi connectivity index (χ1n) is 10.1. The average Bonchev–Trinajstić information content (AvgIpc) is 2.79. The van der Waals surface area contributed by atoms with Gasteiger partial charge in [-0.05, 0) is 38.0 Å². The quantitative estimate of drug-likeness (QED) is 0.683. The van der Waals surface area contributed by atoms with Gasteiger partial charge in [-0.2, -0.15) is 0 Å². The van der Waals surface area contributed by atoms with Crippen LogP contribution in [-0.2, 0) is 19.7 Å². The minimum Gasteiger partial charge on any atom is -0.496 e. The Morgan fingerprint density at radius 3 is 2.37 bits per heavy atom. The van der Waals surface area contributed by atoms with Crippen molar-refractivity contribution in [1.82, 2.24) is 5.32 Å². The van der Waals surface area contributed by atoms with Crippen molar-refractivity contribution in [3.8, 4) is 11.5 Å². The number of benzene rings is 2. The molecule has 2 aromatic rings. The van der Waals surface area contributed by atoms with Crippen molar-refractivity contribution in [2.75, 3.05) is 38.8 Å². The molecule has 2 aromatic carbocycles. The van der Waals surface area contributed by atoms with Gasteiger partial charge in [0, 0.05) is 30.7 Å². The number of para-hydroxylation sites is 3. The highest BCUT2D eigenvalue weighted by atomic mass is 16.5. The SMILES string of the molecule is CCOc1ccccc1NC(=O)C(=O)NCC1(c2ccccc2OC)CCOCC1. The first kappa shape index (κ1) is 21.6. The summed E-state index contributed by atoms with van der Waals surface area (Å²) in [7, 11) is 1.63. The fourth-order valence-corrected chi connectivity index (χ4v) is 3.75. The number of hydrogen-bond acceptors (Lipinski definition) is 5. The maximum Gasteiger partial charge on any atom is 0.313 e. The molecule has 0 spiro atoms. The van der Waals surface area contributed by atoms with Gasteiger partial charge in [-0.15, -0.1) is 0 Å². The maximum atomic E-state index is 12.6. The van der Waals surface area contributed by atoms with Gasteiger partial charge in [-0.3, -0.25) is 9.59 Å². The lowest BCUT2D eigenvalue weighted by atomic mass is 9.73. The third-order valence-corrected chi connectivity index (χ3v) is 5.36. The van der Waals surface area contributed by atoms with E-state index in [4.69, 9.17) is 14.2 Å². The van der Waals surface area contributed by atoms with Gasteiger partial charge >= 0.3 is 11.8 Å². The van der Waals surface area contributed by atoms with Gasteiger partial charge in [0.05, 0.1) is 19.4 Å². The van der Waals surface area contributed by atoms with Gasteiger partial charge in [0.25, 0.3) is 0 Å². The molecule has 0 aliphatic carbocycles. The van der Waals surface area contributed by atoms with E-state index in [1.165, 1.54) is 0 Å². The standard InChI is InChI=1S/C23H28N2O5/c1-3-30-20-11-7-5-9-18(20)25-22(27)21(26)24-16-23(12-14-29-15-13-23)17-8-4-6-10-19(17)28-2/h4-11H,3,12-16H2,1-2H3,(H,24,26)(H,25,27). The minimum atomic E-state index is -0.732. The summed E-state index contributed by atoms with van der Waals surface area (Å²) in [5.74, 6) is -0.133. The number of anilines is 1. The van der Waals surface area contributed by atoms with E-state index in [9.17, 15) is 9.59 Å². The summed E-state index contributed by atoms with van der Waals surface area (Å²) in [6, 6.07) is 14.8. The van der Waals surface area contributed by atoms with E-state index in [0.717, 1.165) is 24.2 Å². The van der Waals surface area contributed by atoms with Gasteiger partial charge < -0.3 is 24.8 Å². The number of nitrogens with one attached hydrogen (secondary N) is 2. The van der Waals surface area contributed by atoms with Crippen LogP contribution in [0.3, 0.4) is 0 Å². The van der Waals surface area contributed by atoms with E-state index >= 15 is 0 Å². The van der Waals surface area contributed by atoms with Gasteiger partial charge in [-0.25, -0.2) is 0 Å². The van der Waals surface area contributed by atoms with Crippen LogP contribution in [0, 0.1) is 0 Å². The highest BCUT2D eigenvalue weighted by Crippen LogP contribution is 2.39. The normalized spacial score (nSPS) is 15.1. The van der Waals surface area contributed by atoms with Crippen LogP contribution in [-0.4, -0.2) is 45.3 Å². The van der Waals surface area contributed by atoms with E-state index in [2.05, 4.69) is 10.6 Å². The predicted octanol–water partition coefficient (Wildman–Crippen LogP) is 2.90. The highest BCUT2D eigenvalue weighted by molar-refractivity contribution is 6.39. The Bertz CT molecular complexity index is 877. The average molecular weight is 412 g/mol. The Labute approximate surface area is 176 Å². The van der Waals surface area contributed by atoms with Crippen molar-refractivity contribution in [3.05, 3.63) is 54.1 Å². The Morgan fingerprint density at radius 1 is 1.00 bits per heavy atom. The Balaban J connectivity index is 1.71. The number of amides is 2. The molecule has 2 amide bonds. The molecular formula is C23H28N2O5. The summed E-state index contributed by atoms with van der Waals surface area (Å²) >= 11 is 0. The smallest absolute Gasteiger partial charge is 0.313 e. The minimum absolute atomic E-state index is 0.316. The van der Waals surface area contributed by atoms with Crippen molar-refractivity contribution >= 4 is 17.5 Å². The largest absolute Gasteiger partial charge is 0.496 e. The molecule has 0 aromatic heterocycles. The molecule has 1 aliphatic rings. The summed E-state index contributed by atoms with van der Waals surface area (Å²) in [5.41, 5.74) is 1.12. The van der Waals surface area contributed by atoms with Gasteiger partial charge in [-0.1, -0.05) is 30.3 Å². The van der Waals surface area contributed by atoms with E-state index in [1.54, 1.807) is 25.3 Å². The fraction of sp³-hybridized carbons (Fsp3) is 0.391. The van der Waals surface area contributed by atoms with Crippen molar-refractivity contribution in [2.24, 2.45) is 0 Å². The van der Waals surface area contributed by atoms with Crippen molar-refractivity contribution in [2.45, 2.75) is 25.2 Å². The van der Waals surface area contributed by atoms with E-state index in [0.29, 0.717) is 37.8 Å². The lowest BCUT2D eigenvalue weighted by molar-refractivity contribution is -0.136. The number of methoxy groups -OCH3 is 1. The number of carbonyl (C=O) groups excluding carboxylic acids is 2. The highest BCUT2D eigenvalue weighted by Gasteiger charge is 2.37. The Kier molecular flexibility index (Phi) is 7.30. The lowest BCUT2D eigenvalue weighted by Gasteiger charge is -2.38. The van der Waals surface area contributed by atoms with Crippen LogP contribution < -0.4 is 20.1 Å². The summed E-state index contributed by atoms with van der Waals surface area (Å²) in [6.07, 6.45) is 1.45. The van der Waals surface area contributed by atoms with Gasteiger partial charge in [0.2, 0.25) is 0 Å². The van der Waals surface area contributed by atoms with Crippen LogP contribution in [0.15, 0.2) is 48.5 Å². The number of hydrogen-bond donors (Lipinski definition) is 2. The molecule has 160 valence electrons. The zero-order valence-electron chi connectivity index (χ0n) is 17.4. The fourth-order valence-electron chi connectivity index (χ4n) is 3.75. The van der Waals surface area contributed by atoms with E-state index in [-0.39, 0.29) is 5.41 Å². The van der Waals surface area contributed by atoms with Crippen molar-refractivity contribution in [1.29, 1.82) is 0 Å². The third kappa shape index (κ3) is 4.91. The molecule has 1 heterocycles. The molecule has 2 N–H and O–H groups in total. The first-order valence-corrected chi connectivity index (χ1v) is 10.1. The molecule has 1 aliphatic heterocycles. The molecule has 1 fully saturated rings. The van der Waals surface area contributed by atoms with E-state index in [1.807, 2.05) is 37.3 Å². The number of rotatable bonds is 7.